The zero-order chi connectivity index (χ0) is 18.6. The van der Waals surface area contributed by atoms with Crippen molar-refractivity contribution >= 4 is 23.2 Å². The van der Waals surface area contributed by atoms with Gasteiger partial charge in [0.15, 0.2) is 5.58 Å². The summed E-state index contributed by atoms with van der Waals surface area (Å²) in [5, 5.41) is 3.03. The number of rotatable bonds is 5. The highest BCUT2D eigenvalue weighted by Crippen LogP contribution is 2.25. The van der Waals surface area contributed by atoms with Crippen LogP contribution in [0.1, 0.15) is 18.4 Å². The maximum atomic E-state index is 12.5. The second kappa shape index (κ2) is 7.65. The van der Waals surface area contributed by atoms with Gasteiger partial charge in [-0.05, 0) is 42.7 Å². The molecular formula is C20H22N4O3. The minimum absolute atomic E-state index is 0.00867. The topological polar surface area (TPSA) is 80.5 Å². The number of aromatic nitrogens is 2. The molecule has 1 N–H and O–H groups in total. The van der Waals surface area contributed by atoms with Crippen LogP contribution in [0, 0.1) is 5.92 Å². The van der Waals surface area contributed by atoms with Crippen molar-refractivity contribution in [1.82, 2.24) is 15.3 Å². The molecule has 7 heteroatoms. The summed E-state index contributed by atoms with van der Waals surface area (Å²) in [6.07, 6.45) is 3.25. The van der Waals surface area contributed by atoms with Crippen molar-refractivity contribution in [3.63, 3.8) is 0 Å². The molecule has 1 aliphatic rings. The van der Waals surface area contributed by atoms with E-state index in [4.69, 9.17) is 9.15 Å². The van der Waals surface area contributed by atoms with E-state index in [0.29, 0.717) is 23.8 Å². The maximum Gasteiger partial charge on any atom is 0.299 e. The van der Waals surface area contributed by atoms with Gasteiger partial charge in [-0.25, -0.2) is 4.98 Å². The van der Waals surface area contributed by atoms with Crippen molar-refractivity contribution in [2.24, 2.45) is 5.92 Å². The highest BCUT2D eigenvalue weighted by molar-refractivity contribution is 5.79. The van der Waals surface area contributed by atoms with E-state index in [1.165, 1.54) is 0 Å². The van der Waals surface area contributed by atoms with Crippen LogP contribution in [0.2, 0.25) is 0 Å². The lowest BCUT2D eigenvalue weighted by atomic mass is 9.96. The Bertz CT molecular complexity index is 899. The largest absolute Gasteiger partial charge is 0.497 e. The Kier molecular flexibility index (Phi) is 4.91. The Morgan fingerprint density at radius 3 is 2.93 bits per heavy atom. The Labute approximate surface area is 157 Å². The lowest BCUT2D eigenvalue weighted by Crippen LogP contribution is -2.40. The van der Waals surface area contributed by atoms with Crippen molar-refractivity contribution in [2.75, 3.05) is 25.1 Å². The molecule has 140 valence electrons. The molecule has 0 saturated carbocycles. The highest BCUT2D eigenvalue weighted by Gasteiger charge is 2.27. The number of methoxy groups -OCH3 is 1. The first-order valence-corrected chi connectivity index (χ1v) is 9.10. The van der Waals surface area contributed by atoms with Gasteiger partial charge in [0.1, 0.15) is 5.75 Å². The molecule has 0 atom stereocenters. The molecule has 1 saturated heterocycles. The van der Waals surface area contributed by atoms with Crippen molar-refractivity contribution in [3.05, 3.63) is 48.2 Å². The Morgan fingerprint density at radius 2 is 2.15 bits per heavy atom. The minimum atomic E-state index is 0.00867. The Balaban J connectivity index is 1.31. The van der Waals surface area contributed by atoms with Gasteiger partial charge in [-0.2, -0.15) is 4.98 Å². The van der Waals surface area contributed by atoms with Crippen molar-refractivity contribution < 1.29 is 13.9 Å². The lowest BCUT2D eigenvalue weighted by molar-refractivity contribution is -0.125. The summed E-state index contributed by atoms with van der Waals surface area (Å²) in [7, 11) is 1.64. The summed E-state index contributed by atoms with van der Waals surface area (Å²) in [6.45, 7) is 1.99. The molecule has 0 spiro atoms. The summed E-state index contributed by atoms with van der Waals surface area (Å²) in [5.74, 6) is 0.897. The third kappa shape index (κ3) is 3.86. The highest BCUT2D eigenvalue weighted by atomic mass is 16.5. The van der Waals surface area contributed by atoms with Crippen molar-refractivity contribution in [3.8, 4) is 5.75 Å². The summed E-state index contributed by atoms with van der Waals surface area (Å²) in [4.78, 5) is 23.2. The Morgan fingerprint density at radius 1 is 1.30 bits per heavy atom. The van der Waals surface area contributed by atoms with Crippen LogP contribution in [0.4, 0.5) is 6.01 Å². The van der Waals surface area contributed by atoms with E-state index in [1.54, 1.807) is 13.3 Å². The molecule has 0 unspecified atom stereocenters. The molecular weight excluding hydrogens is 344 g/mol. The van der Waals surface area contributed by atoms with Crippen LogP contribution in [0.3, 0.4) is 0 Å². The molecule has 0 aliphatic carbocycles. The van der Waals surface area contributed by atoms with Crippen LogP contribution in [0.5, 0.6) is 5.75 Å². The fourth-order valence-corrected chi connectivity index (χ4v) is 3.34. The fraction of sp³-hybridized carbons (Fsp3) is 0.350. The third-order valence-electron chi connectivity index (χ3n) is 4.89. The molecule has 3 aromatic rings. The average molecular weight is 366 g/mol. The van der Waals surface area contributed by atoms with Gasteiger partial charge in [-0.3, -0.25) is 4.79 Å². The van der Waals surface area contributed by atoms with Gasteiger partial charge in [0.25, 0.3) is 6.01 Å². The number of ether oxygens (including phenoxy) is 1. The van der Waals surface area contributed by atoms with Gasteiger partial charge in [0.05, 0.1) is 7.11 Å². The maximum absolute atomic E-state index is 12.5. The first kappa shape index (κ1) is 17.3. The molecule has 0 radical (unpaired) electrons. The molecule has 1 aromatic carbocycles. The van der Waals surface area contributed by atoms with E-state index in [9.17, 15) is 4.79 Å². The molecule has 2 aromatic heterocycles. The van der Waals surface area contributed by atoms with Crippen LogP contribution < -0.4 is 15.0 Å². The number of hydrogen-bond acceptors (Lipinski definition) is 6. The van der Waals surface area contributed by atoms with Gasteiger partial charge >= 0.3 is 0 Å². The quantitative estimate of drug-likeness (QED) is 0.748. The lowest BCUT2D eigenvalue weighted by Gasteiger charge is -2.30. The van der Waals surface area contributed by atoms with Crippen molar-refractivity contribution in [2.45, 2.75) is 19.4 Å². The number of carbonyl (C=O) groups is 1. The zero-order valence-electron chi connectivity index (χ0n) is 15.2. The molecule has 1 aliphatic heterocycles. The molecule has 1 amide bonds. The van der Waals surface area contributed by atoms with Gasteiger partial charge in [-0.15, -0.1) is 0 Å². The van der Waals surface area contributed by atoms with Gasteiger partial charge in [-0.1, -0.05) is 12.1 Å². The predicted octanol–water partition coefficient (Wildman–Crippen LogP) is 2.76. The van der Waals surface area contributed by atoms with Crippen LogP contribution in [0.25, 0.3) is 11.2 Å². The van der Waals surface area contributed by atoms with Crippen LogP contribution in [0.15, 0.2) is 47.0 Å². The van der Waals surface area contributed by atoms with Crippen LogP contribution in [-0.4, -0.2) is 36.1 Å². The number of hydrogen-bond donors (Lipinski definition) is 1. The summed E-state index contributed by atoms with van der Waals surface area (Å²) in [5.41, 5.74) is 2.33. The number of oxazole rings is 1. The first-order chi connectivity index (χ1) is 13.2. The number of benzene rings is 1. The van der Waals surface area contributed by atoms with Gasteiger partial charge in [0, 0.05) is 31.7 Å². The predicted molar refractivity (Wildman–Crippen MR) is 102 cm³/mol. The molecule has 7 nitrogen and oxygen atoms in total. The Hall–Kier alpha value is -3.09. The molecule has 3 heterocycles. The minimum Gasteiger partial charge on any atom is -0.497 e. The van der Waals surface area contributed by atoms with E-state index >= 15 is 0 Å². The second-order valence-electron chi connectivity index (χ2n) is 6.65. The molecule has 4 rings (SSSR count). The standard InChI is InChI=1S/C20H22N4O3/c1-26-16-5-2-4-14(12-16)13-22-19(25)15-7-10-24(11-8-15)20-23-18-17(27-20)6-3-9-21-18/h2-6,9,12,15H,7-8,10-11,13H2,1H3,(H,22,25). The first-order valence-electron chi connectivity index (χ1n) is 9.10. The number of nitrogens with one attached hydrogen (secondary N) is 1. The van der Waals surface area contributed by atoms with E-state index in [1.807, 2.05) is 36.4 Å². The van der Waals surface area contributed by atoms with Gasteiger partial charge in [0.2, 0.25) is 11.6 Å². The number of piperidine rings is 1. The molecule has 1 fully saturated rings. The number of anilines is 1. The van der Waals surface area contributed by atoms with Gasteiger partial charge < -0.3 is 19.4 Å². The number of fused-ring (bicyclic) bond motifs is 1. The van der Waals surface area contributed by atoms with E-state index in [-0.39, 0.29) is 11.8 Å². The second-order valence-corrected chi connectivity index (χ2v) is 6.65. The summed E-state index contributed by atoms with van der Waals surface area (Å²) < 4.78 is 11.0. The number of amides is 1. The van der Waals surface area contributed by atoms with Crippen LogP contribution >= 0.6 is 0 Å². The number of carbonyl (C=O) groups excluding carboxylic acids is 1. The smallest absolute Gasteiger partial charge is 0.299 e. The number of nitrogens with zero attached hydrogens (tertiary/aromatic N) is 3. The molecule has 27 heavy (non-hydrogen) atoms. The number of pyridine rings is 1. The third-order valence-corrected chi connectivity index (χ3v) is 4.89. The van der Waals surface area contributed by atoms with E-state index in [0.717, 1.165) is 37.2 Å². The van der Waals surface area contributed by atoms with Crippen LogP contribution in [-0.2, 0) is 11.3 Å². The fourth-order valence-electron chi connectivity index (χ4n) is 3.34. The average Bonchev–Trinajstić information content (AvgIpc) is 3.16. The molecule has 0 bridgehead atoms. The summed E-state index contributed by atoms with van der Waals surface area (Å²) >= 11 is 0. The van der Waals surface area contributed by atoms with E-state index in [2.05, 4.69) is 20.2 Å². The zero-order valence-corrected chi connectivity index (χ0v) is 15.2. The monoisotopic (exact) mass is 366 g/mol. The van der Waals surface area contributed by atoms with Crippen molar-refractivity contribution in [1.29, 1.82) is 0 Å². The SMILES string of the molecule is COc1cccc(CNC(=O)C2CCN(c3nc4ncccc4o3)CC2)c1. The summed E-state index contributed by atoms with van der Waals surface area (Å²) in [6, 6.07) is 12.0. The van der Waals surface area contributed by atoms with E-state index < -0.39 is 0 Å². The normalized spacial score (nSPS) is 15.1.